The number of likely N-dealkylation sites (N-methyl/N-ethyl adjacent to an activating group) is 1. The fraction of sp³-hybridized carbons (Fsp3) is 0.263. The molecule has 0 radical (unpaired) electrons. The first kappa shape index (κ1) is 20.2. The summed E-state index contributed by atoms with van der Waals surface area (Å²) >= 11 is 12.0. The summed E-state index contributed by atoms with van der Waals surface area (Å²) < 4.78 is 0. The Morgan fingerprint density at radius 3 is 2.19 bits per heavy atom. The van der Waals surface area contributed by atoms with Gasteiger partial charge in [-0.05, 0) is 55.9 Å². The van der Waals surface area contributed by atoms with Crippen molar-refractivity contribution in [2.45, 2.75) is 26.4 Å². The van der Waals surface area contributed by atoms with Crippen LogP contribution in [0.5, 0.6) is 0 Å². The minimum atomic E-state index is -0.378. The SMILES string of the molecule is CC(=O)Nc1cccc(NC(=O)C(C)N(C)Cc2cc(Cl)cc(Cl)c2)c1. The van der Waals surface area contributed by atoms with Crippen LogP contribution < -0.4 is 10.6 Å². The maximum atomic E-state index is 12.5. The topological polar surface area (TPSA) is 61.4 Å². The molecule has 0 bridgehead atoms. The fourth-order valence-corrected chi connectivity index (χ4v) is 3.02. The number of amides is 2. The third kappa shape index (κ3) is 6.02. The molecular weight excluding hydrogens is 373 g/mol. The molecule has 0 fully saturated rings. The molecule has 2 rings (SSSR count). The number of nitrogens with zero attached hydrogens (tertiary/aromatic N) is 1. The molecule has 1 unspecified atom stereocenters. The van der Waals surface area contributed by atoms with Crippen LogP contribution in [0.1, 0.15) is 19.4 Å². The lowest BCUT2D eigenvalue weighted by molar-refractivity contribution is -0.120. The Kier molecular flexibility index (Phi) is 7.03. The van der Waals surface area contributed by atoms with Crippen molar-refractivity contribution >= 4 is 46.4 Å². The van der Waals surface area contributed by atoms with Crippen molar-refractivity contribution in [3.05, 3.63) is 58.1 Å². The Bertz CT molecular complexity index is 791. The lowest BCUT2D eigenvalue weighted by atomic mass is 10.2. The summed E-state index contributed by atoms with van der Waals surface area (Å²) in [5.41, 5.74) is 2.18. The second-order valence-corrected chi connectivity index (χ2v) is 6.99. The van der Waals surface area contributed by atoms with E-state index in [-0.39, 0.29) is 17.9 Å². The van der Waals surface area contributed by atoms with E-state index in [2.05, 4.69) is 10.6 Å². The molecule has 0 aliphatic rings. The number of hydrogen-bond donors (Lipinski definition) is 2. The largest absolute Gasteiger partial charge is 0.326 e. The molecule has 2 aromatic rings. The number of nitrogens with one attached hydrogen (secondary N) is 2. The first-order valence-corrected chi connectivity index (χ1v) is 8.84. The molecule has 2 aromatic carbocycles. The van der Waals surface area contributed by atoms with E-state index in [0.717, 1.165) is 5.56 Å². The minimum Gasteiger partial charge on any atom is -0.326 e. The van der Waals surface area contributed by atoms with Crippen LogP contribution in [0.15, 0.2) is 42.5 Å². The summed E-state index contributed by atoms with van der Waals surface area (Å²) in [5.74, 6) is -0.317. The Morgan fingerprint density at radius 1 is 1.04 bits per heavy atom. The van der Waals surface area contributed by atoms with Crippen molar-refractivity contribution in [1.82, 2.24) is 4.90 Å². The van der Waals surface area contributed by atoms with Gasteiger partial charge in [-0.15, -0.1) is 0 Å². The quantitative estimate of drug-likeness (QED) is 0.763. The number of hydrogen-bond acceptors (Lipinski definition) is 3. The predicted octanol–water partition coefficient (Wildman–Crippen LogP) is 4.41. The number of anilines is 2. The molecular formula is C19H21Cl2N3O2. The van der Waals surface area contributed by atoms with Crippen LogP contribution in [0.25, 0.3) is 0 Å². The molecule has 7 heteroatoms. The summed E-state index contributed by atoms with van der Waals surface area (Å²) in [6, 6.07) is 12.0. The Morgan fingerprint density at radius 2 is 1.62 bits per heavy atom. The van der Waals surface area contributed by atoms with E-state index in [1.165, 1.54) is 6.92 Å². The average Bonchev–Trinajstić information content (AvgIpc) is 2.52. The van der Waals surface area contributed by atoms with Crippen LogP contribution in [-0.4, -0.2) is 29.8 Å². The van der Waals surface area contributed by atoms with Gasteiger partial charge in [-0.25, -0.2) is 0 Å². The van der Waals surface area contributed by atoms with Crippen LogP contribution in [0, 0.1) is 0 Å². The number of benzene rings is 2. The van der Waals surface area contributed by atoms with Crippen molar-refractivity contribution in [2.24, 2.45) is 0 Å². The van der Waals surface area contributed by atoms with Gasteiger partial charge in [-0.3, -0.25) is 14.5 Å². The van der Waals surface area contributed by atoms with E-state index in [0.29, 0.717) is 28.0 Å². The molecule has 26 heavy (non-hydrogen) atoms. The fourth-order valence-electron chi connectivity index (χ4n) is 2.45. The van der Waals surface area contributed by atoms with Gasteiger partial charge < -0.3 is 10.6 Å². The van der Waals surface area contributed by atoms with E-state index in [4.69, 9.17) is 23.2 Å². The van der Waals surface area contributed by atoms with Crippen molar-refractivity contribution in [3.63, 3.8) is 0 Å². The maximum absolute atomic E-state index is 12.5. The Balaban J connectivity index is 2.01. The number of halogens is 2. The maximum Gasteiger partial charge on any atom is 0.241 e. The third-order valence-electron chi connectivity index (χ3n) is 3.85. The van der Waals surface area contributed by atoms with E-state index < -0.39 is 0 Å². The normalized spacial score (nSPS) is 11.9. The standard InChI is InChI=1S/C19H21Cl2N3O2/c1-12(24(3)11-14-7-15(20)9-16(21)8-14)19(26)23-18-6-4-5-17(10-18)22-13(2)25/h4-10,12H,11H2,1-3H3,(H,22,25)(H,23,26). The van der Waals surface area contributed by atoms with E-state index >= 15 is 0 Å². The highest BCUT2D eigenvalue weighted by molar-refractivity contribution is 6.34. The van der Waals surface area contributed by atoms with Crippen molar-refractivity contribution in [2.75, 3.05) is 17.7 Å². The van der Waals surface area contributed by atoms with Crippen LogP contribution in [0.3, 0.4) is 0 Å². The van der Waals surface area contributed by atoms with Gasteiger partial charge in [-0.2, -0.15) is 0 Å². The van der Waals surface area contributed by atoms with E-state index in [9.17, 15) is 9.59 Å². The van der Waals surface area contributed by atoms with Gasteiger partial charge >= 0.3 is 0 Å². The first-order chi connectivity index (χ1) is 12.2. The molecule has 0 aliphatic heterocycles. The van der Waals surface area contributed by atoms with Gasteiger partial charge in [-0.1, -0.05) is 29.3 Å². The van der Waals surface area contributed by atoms with Gasteiger partial charge in [0.25, 0.3) is 0 Å². The monoisotopic (exact) mass is 393 g/mol. The number of carbonyl (C=O) groups excluding carboxylic acids is 2. The van der Waals surface area contributed by atoms with Crippen LogP contribution in [-0.2, 0) is 16.1 Å². The average molecular weight is 394 g/mol. The molecule has 0 saturated carbocycles. The molecule has 0 spiro atoms. The molecule has 138 valence electrons. The summed E-state index contributed by atoms with van der Waals surface area (Å²) in [7, 11) is 1.85. The zero-order chi connectivity index (χ0) is 19.3. The highest BCUT2D eigenvalue weighted by Gasteiger charge is 2.18. The highest BCUT2D eigenvalue weighted by Crippen LogP contribution is 2.21. The molecule has 0 aliphatic carbocycles. The second-order valence-electron chi connectivity index (χ2n) is 6.12. The minimum absolute atomic E-state index is 0.152. The van der Waals surface area contributed by atoms with Gasteiger partial charge in [0.15, 0.2) is 0 Å². The molecule has 0 saturated heterocycles. The zero-order valence-corrected chi connectivity index (χ0v) is 16.4. The number of carbonyl (C=O) groups is 2. The van der Waals surface area contributed by atoms with Crippen LogP contribution in [0.2, 0.25) is 10.0 Å². The second kappa shape index (κ2) is 9.03. The van der Waals surface area contributed by atoms with Gasteiger partial charge in [0.1, 0.15) is 0 Å². The summed E-state index contributed by atoms with van der Waals surface area (Å²) in [6.07, 6.45) is 0. The van der Waals surface area contributed by atoms with Crippen molar-refractivity contribution in [1.29, 1.82) is 0 Å². The molecule has 0 heterocycles. The molecule has 5 nitrogen and oxygen atoms in total. The van der Waals surface area contributed by atoms with Gasteiger partial charge in [0.2, 0.25) is 11.8 Å². The van der Waals surface area contributed by atoms with Crippen LogP contribution >= 0.6 is 23.2 Å². The number of rotatable bonds is 6. The van der Waals surface area contributed by atoms with Crippen molar-refractivity contribution < 1.29 is 9.59 Å². The summed E-state index contributed by atoms with van der Waals surface area (Å²) in [5, 5.41) is 6.67. The smallest absolute Gasteiger partial charge is 0.241 e. The first-order valence-electron chi connectivity index (χ1n) is 8.08. The van der Waals surface area contributed by atoms with Crippen LogP contribution in [0.4, 0.5) is 11.4 Å². The van der Waals surface area contributed by atoms with E-state index in [1.54, 1.807) is 30.3 Å². The summed E-state index contributed by atoms with van der Waals surface area (Å²) in [4.78, 5) is 25.6. The lowest BCUT2D eigenvalue weighted by Crippen LogP contribution is -2.39. The van der Waals surface area contributed by atoms with Gasteiger partial charge in [0, 0.05) is 34.9 Å². The van der Waals surface area contributed by atoms with Gasteiger partial charge in [0.05, 0.1) is 6.04 Å². The molecule has 0 aromatic heterocycles. The highest BCUT2D eigenvalue weighted by atomic mass is 35.5. The summed E-state index contributed by atoms with van der Waals surface area (Å²) in [6.45, 7) is 3.78. The zero-order valence-electron chi connectivity index (χ0n) is 14.8. The van der Waals surface area contributed by atoms with E-state index in [1.807, 2.05) is 31.0 Å². The molecule has 2 N–H and O–H groups in total. The Hall–Kier alpha value is -2.08. The predicted molar refractivity (Wildman–Crippen MR) is 107 cm³/mol. The third-order valence-corrected chi connectivity index (χ3v) is 4.28. The Labute approximate surface area is 163 Å². The molecule has 2 amide bonds. The molecule has 1 atom stereocenters. The lowest BCUT2D eigenvalue weighted by Gasteiger charge is -2.24. The van der Waals surface area contributed by atoms with Crippen molar-refractivity contribution in [3.8, 4) is 0 Å².